The second-order valence-corrected chi connectivity index (χ2v) is 5.62. The lowest BCUT2D eigenvalue weighted by molar-refractivity contribution is -0.125. The fourth-order valence-corrected chi connectivity index (χ4v) is 2.75. The van der Waals surface area contributed by atoms with Crippen molar-refractivity contribution < 1.29 is 14.3 Å². The number of benzene rings is 1. The van der Waals surface area contributed by atoms with Crippen molar-refractivity contribution in [2.24, 2.45) is 0 Å². The maximum Gasteiger partial charge on any atom is 0.340 e. The van der Waals surface area contributed by atoms with E-state index in [1.807, 2.05) is 25.1 Å². The van der Waals surface area contributed by atoms with Gasteiger partial charge in [0.15, 0.2) is 6.61 Å². The highest BCUT2D eigenvalue weighted by Crippen LogP contribution is 2.30. The van der Waals surface area contributed by atoms with E-state index >= 15 is 0 Å². The summed E-state index contributed by atoms with van der Waals surface area (Å²) < 4.78 is 5.04. The molecule has 2 aromatic rings. The first-order valence-electron chi connectivity index (χ1n) is 7.60. The number of carbonyl (C=O) groups is 2. The second-order valence-electron chi connectivity index (χ2n) is 5.62. The average Bonchev–Trinajstić information content (AvgIpc) is 2.96. The SMILES string of the molecule is Cc1ccc(C(=O)OCC(=O)N[C@@H]2CCc3ccccc32)cn1. The third-order valence-electron chi connectivity index (χ3n) is 3.95. The summed E-state index contributed by atoms with van der Waals surface area (Å²) >= 11 is 0. The Hall–Kier alpha value is -2.69. The van der Waals surface area contributed by atoms with Crippen molar-refractivity contribution in [2.75, 3.05) is 6.61 Å². The molecule has 1 aliphatic rings. The van der Waals surface area contributed by atoms with Gasteiger partial charge in [-0.2, -0.15) is 0 Å². The number of hydrogen-bond donors (Lipinski definition) is 1. The van der Waals surface area contributed by atoms with Gasteiger partial charge in [0.1, 0.15) is 0 Å². The zero-order valence-corrected chi connectivity index (χ0v) is 12.9. The molecule has 1 heterocycles. The third kappa shape index (κ3) is 3.56. The number of esters is 1. The van der Waals surface area contributed by atoms with Gasteiger partial charge < -0.3 is 10.1 Å². The summed E-state index contributed by atoms with van der Waals surface area (Å²) in [5.41, 5.74) is 3.57. The summed E-state index contributed by atoms with van der Waals surface area (Å²) in [5, 5.41) is 2.92. The summed E-state index contributed by atoms with van der Waals surface area (Å²) in [6.07, 6.45) is 3.28. The van der Waals surface area contributed by atoms with E-state index in [1.54, 1.807) is 12.1 Å². The summed E-state index contributed by atoms with van der Waals surface area (Å²) in [4.78, 5) is 27.9. The van der Waals surface area contributed by atoms with Gasteiger partial charge in [-0.05, 0) is 43.0 Å². The Labute approximate surface area is 134 Å². The molecule has 1 aromatic carbocycles. The number of aryl methyl sites for hydroxylation is 2. The molecule has 3 rings (SSSR count). The Morgan fingerprint density at radius 1 is 1.26 bits per heavy atom. The van der Waals surface area contributed by atoms with Crippen molar-refractivity contribution in [1.82, 2.24) is 10.3 Å². The lowest BCUT2D eigenvalue weighted by atomic mass is 10.1. The molecule has 0 fully saturated rings. The van der Waals surface area contributed by atoms with Crippen LogP contribution in [0.3, 0.4) is 0 Å². The lowest BCUT2D eigenvalue weighted by Gasteiger charge is -2.14. The fraction of sp³-hybridized carbons (Fsp3) is 0.278. The first-order chi connectivity index (χ1) is 11.1. The first-order valence-corrected chi connectivity index (χ1v) is 7.60. The van der Waals surface area contributed by atoms with Crippen molar-refractivity contribution in [3.8, 4) is 0 Å². The van der Waals surface area contributed by atoms with Crippen LogP contribution in [0.5, 0.6) is 0 Å². The number of fused-ring (bicyclic) bond motifs is 1. The molecule has 118 valence electrons. The van der Waals surface area contributed by atoms with Crippen LogP contribution in [0.2, 0.25) is 0 Å². The van der Waals surface area contributed by atoms with Gasteiger partial charge in [0.05, 0.1) is 11.6 Å². The summed E-state index contributed by atoms with van der Waals surface area (Å²) in [5.74, 6) is -0.834. The molecular formula is C18H18N2O3. The van der Waals surface area contributed by atoms with Crippen molar-refractivity contribution in [3.05, 3.63) is 65.0 Å². The van der Waals surface area contributed by atoms with Crippen LogP contribution < -0.4 is 5.32 Å². The van der Waals surface area contributed by atoms with E-state index in [9.17, 15) is 9.59 Å². The molecule has 0 aliphatic heterocycles. The minimum atomic E-state index is -0.542. The quantitative estimate of drug-likeness (QED) is 0.880. The second kappa shape index (κ2) is 6.60. The van der Waals surface area contributed by atoms with Crippen LogP contribution in [0.15, 0.2) is 42.6 Å². The zero-order valence-electron chi connectivity index (χ0n) is 12.9. The molecule has 1 amide bonds. The largest absolute Gasteiger partial charge is 0.452 e. The molecule has 5 nitrogen and oxygen atoms in total. The van der Waals surface area contributed by atoms with Crippen LogP contribution in [0, 0.1) is 6.92 Å². The van der Waals surface area contributed by atoms with E-state index < -0.39 is 5.97 Å². The highest BCUT2D eigenvalue weighted by atomic mass is 16.5. The maximum absolute atomic E-state index is 12.0. The molecule has 1 aliphatic carbocycles. The van der Waals surface area contributed by atoms with Crippen molar-refractivity contribution in [1.29, 1.82) is 0 Å². The Bertz CT molecular complexity index is 725. The zero-order chi connectivity index (χ0) is 16.2. The predicted molar refractivity (Wildman–Crippen MR) is 84.9 cm³/mol. The number of hydrogen-bond acceptors (Lipinski definition) is 4. The number of rotatable bonds is 4. The van der Waals surface area contributed by atoms with Gasteiger partial charge in [-0.1, -0.05) is 24.3 Å². The van der Waals surface area contributed by atoms with Crippen LogP contribution in [-0.2, 0) is 16.0 Å². The Kier molecular flexibility index (Phi) is 4.37. The van der Waals surface area contributed by atoms with Crippen molar-refractivity contribution in [2.45, 2.75) is 25.8 Å². The molecule has 1 aromatic heterocycles. The number of nitrogens with zero attached hydrogens (tertiary/aromatic N) is 1. The third-order valence-corrected chi connectivity index (χ3v) is 3.95. The van der Waals surface area contributed by atoms with E-state index in [0.29, 0.717) is 5.56 Å². The fourth-order valence-electron chi connectivity index (χ4n) is 2.75. The van der Waals surface area contributed by atoms with E-state index in [1.165, 1.54) is 11.8 Å². The molecule has 0 saturated carbocycles. The molecule has 0 radical (unpaired) electrons. The minimum Gasteiger partial charge on any atom is -0.452 e. The highest BCUT2D eigenvalue weighted by molar-refractivity contribution is 5.91. The van der Waals surface area contributed by atoms with Crippen LogP contribution in [0.25, 0.3) is 0 Å². The summed E-state index contributed by atoms with van der Waals surface area (Å²) in [7, 11) is 0. The van der Waals surface area contributed by atoms with Gasteiger partial charge in [0.25, 0.3) is 5.91 Å². The minimum absolute atomic E-state index is 0.00144. The van der Waals surface area contributed by atoms with Crippen LogP contribution in [0.1, 0.15) is 39.6 Å². The Morgan fingerprint density at radius 2 is 2.09 bits per heavy atom. The lowest BCUT2D eigenvalue weighted by Crippen LogP contribution is -2.31. The number of aromatic nitrogens is 1. The molecule has 5 heteroatoms. The van der Waals surface area contributed by atoms with E-state index in [4.69, 9.17) is 4.74 Å². The van der Waals surface area contributed by atoms with Gasteiger partial charge in [-0.25, -0.2) is 4.79 Å². The molecule has 23 heavy (non-hydrogen) atoms. The topological polar surface area (TPSA) is 68.3 Å². The van der Waals surface area contributed by atoms with Gasteiger partial charge in [-0.3, -0.25) is 9.78 Å². The van der Waals surface area contributed by atoms with Gasteiger partial charge in [0.2, 0.25) is 0 Å². The number of ether oxygens (including phenoxy) is 1. The monoisotopic (exact) mass is 310 g/mol. The molecule has 0 saturated heterocycles. The number of nitrogens with one attached hydrogen (secondary N) is 1. The van der Waals surface area contributed by atoms with Gasteiger partial charge >= 0.3 is 5.97 Å². The maximum atomic E-state index is 12.0. The van der Waals surface area contributed by atoms with Gasteiger partial charge in [0, 0.05) is 11.9 Å². The smallest absolute Gasteiger partial charge is 0.340 e. The average molecular weight is 310 g/mol. The highest BCUT2D eigenvalue weighted by Gasteiger charge is 2.23. The number of carbonyl (C=O) groups excluding carboxylic acids is 2. The Balaban J connectivity index is 1.52. The molecule has 0 spiro atoms. The normalized spacial score (nSPS) is 15.8. The summed E-state index contributed by atoms with van der Waals surface area (Å²) in [6.45, 7) is 1.55. The summed E-state index contributed by atoms with van der Waals surface area (Å²) in [6, 6.07) is 11.4. The number of pyridine rings is 1. The standard InChI is InChI=1S/C18H18N2O3/c1-12-6-7-14(10-19-12)18(22)23-11-17(21)20-16-9-8-13-4-2-3-5-15(13)16/h2-7,10,16H,8-9,11H2,1H3,(H,20,21)/t16-/m1/s1. The van der Waals surface area contributed by atoms with Crippen LogP contribution in [-0.4, -0.2) is 23.5 Å². The van der Waals surface area contributed by atoms with Crippen molar-refractivity contribution >= 4 is 11.9 Å². The van der Waals surface area contributed by atoms with E-state index in [-0.39, 0.29) is 18.6 Å². The van der Waals surface area contributed by atoms with Crippen LogP contribution in [0.4, 0.5) is 0 Å². The molecule has 1 atom stereocenters. The van der Waals surface area contributed by atoms with Gasteiger partial charge in [-0.15, -0.1) is 0 Å². The van der Waals surface area contributed by atoms with E-state index in [2.05, 4.69) is 16.4 Å². The molecule has 1 N–H and O–H groups in total. The number of amides is 1. The molecular weight excluding hydrogens is 292 g/mol. The predicted octanol–water partition coefficient (Wildman–Crippen LogP) is 2.35. The first kappa shape index (κ1) is 15.2. The molecule has 0 bridgehead atoms. The molecule has 0 unspecified atom stereocenters. The van der Waals surface area contributed by atoms with E-state index in [0.717, 1.165) is 24.1 Å². The van der Waals surface area contributed by atoms with Crippen LogP contribution >= 0.6 is 0 Å². The van der Waals surface area contributed by atoms with Crippen molar-refractivity contribution in [3.63, 3.8) is 0 Å². The Morgan fingerprint density at radius 3 is 2.87 bits per heavy atom.